The molecule has 4 heteroatoms. The van der Waals surface area contributed by atoms with Crippen molar-refractivity contribution in [2.24, 2.45) is 11.0 Å². The summed E-state index contributed by atoms with van der Waals surface area (Å²) in [7, 11) is 0. The molecule has 1 saturated carbocycles. The molecule has 4 nitrogen and oxygen atoms in total. The molecular weight excluding hydrogens is 286 g/mol. The average Bonchev–Trinajstić information content (AvgIpc) is 3.15. The molecule has 3 rings (SSSR count). The van der Waals surface area contributed by atoms with E-state index in [9.17, 15) is 4.79 Å². The third-order valence-electron chi connectivity index (χ3n) is 4.33. The second-order valence-electron chi connectivity index (χ2n) is 7.18. The van der Waals surface area contributed by atoms with Gasteiger partial charge in [0.15, 0.2) is 0 Å². The highest BCUT2D eigenvalue weighted by Gasteiger charge is 2.43. The third-order valence-corrected chi connectivity index (χ3v) is 4.33. The number of carbonyl (C=O) groups excluding carboxylic acids is 1. The second-order valence-corrected chi connectivity index (χ2v) is 7.18. The van der Waals surface area contributed by atoms with Crippen LogP contribution in [0.25, 0.3) is 0 Å². The van der Waals surface area contributed by atoms with E-state index in [-0.39, 0.29) is 17.2 Å². The molecule has 0 saturated heterocycles. The van der Waals surface area contributed by atoms with Gasteiger partial charge in [-0.05, 0) is 41.0 Å². The van der Waals surface area contributed by atoms with E-state index in [0.717, 1.165) is 12.1 Å². The first-order valence-corrected chi connectivity index (χ1v) is 8.02. The van der Waals surface area contributed by atoms with E-state index in [1.165, 1.54) is 11.1 Å². The summed E-state index contributed by atoms with van der Waals surface area (Å²) in [4.78, 5) is 15.1. The second kappa shape index (κ2) is 6.03. The fourth-order valence-electron chi connectivity index (χ4n) is 2.76. The Morgan fingerprint density at radius 2 is 2.00 bits per heavy atom. The van der Waals surface area contributed by atoms with Crippen molar-refractivity contribution in [1.82, 2.24) is 10.4 Å². The summed E-state index contributed by atoms with van der Waals surface area (Å²) < 4.78 is 0. The Labute approximate surface area is 137 Å². The molecule has 1 aliphatic rings. The number of hydrogen-bond donors (Lipinski definition) is 2. The van der Waals surface area contributed by atoms with Gasteiger partial charge in [0.25, 0.3) is 0 Å². The van der Waals surface area contributed by atoms with Crippen molar-refractivity contribution in [2.75, 3.05) is 0 Å². The minimum Gasteiger partial charge on any atom is -0.360 e. The van der Waals surface area contributed by atoms with Crippen molar-refractivity contribution in [3.05, 3.63) is 59.4 Å². The summed E-state index contributed by atoms with van der Waals surface area (Å²) in [5.41, 5.74) is 6.22. The molecular formula is C19H23N3O. The first-order chi connectivity index (χ1) is 10.9. The lowest BCUT2D eigenvalue weighted by Gasteiger charge is -2.19. The molecule has 2 aromatic rings. The molecule has 1 heterocycles. The van der Waals surface area contributed by atoms with Crippen LogP contribution < -0.4 is 5.43 Å². The van der Waals surface area contributed by atoms with Crippen LogP contribution in [0.2, 0.25) is 0 Å². The summed E-state index contributed by atoms with van der Waals surface area (Å²) in [5.74, 6) is 0.360. The number of aromatic amines is 1. The Morgan fingerprint density at radius 3 is 2.61 bits per heavy atom. The van der Waals surface area contributed by atoms with Crippen LogP contribution in [-0.2, 0) is 10.2 Å². The molecule has 0 spiro atoms. The van der Waals surface area contributed by atoms with E-state index in [0.29, 0.717) is 5.92 Å². The first-order valence-electron chi connectivity index (χ1n) is 8.02. The molecule has 1 aromatic heterocycles. The van der Waals surface area contributed by atoms with Crippen molar-refractivity contribution in [2.45, 2.75) is 38.5 Å². The maximum absolute atomic E-state index is 12.1. The van der Waals surface area contributed by atoms with Crippen molar-refractivity contribution in [1.29, 1.82) is 0 Å². The van der Waals surface area contributed by atoms with Crippen molar-refractivity contribution < 1.29 is 4.79 Å². The van der Waals surface area contributed by atoms with Gasteiger partial charge in [-0.25, -0.2) is 5.43 Å². The lowest BCUT2D eigenvalue weighted by molar-refractivity contribution is -0.122. The van der Waals surface area contributed by atoms with Crippen LogP contribution >= 0.6 is 0 Å². The number of nitrogens with zero attached hydrogens (tertiary/aromatic N) is 1. The van der Waals surface area contributed by atoms with Gasteiger partial charge in [0.1, 0.15) is 0 Å². The van der Waals surface area contributed by atoms with E-state index < -0.39 is 0 Å². The van der Waals surface area contributed by atoms with Crippen LogP contribution in [0.5, 0.6) is 0 Å². The average molecular weight is 309 g/mol. The lowest BCUT2D eigenvalue weighted by Crippen LogP contribution is -2.20. The number of hydrazone groups is 1. The van der Waals surface area contributed by atoms with Crippen molar-refractivity contribution in [3.63, 3.8) is 0 Å². The van der Waals surface area contributed by atoms with E-state index in [2.05, 4.69) is 60.5 Å². The summed E-state index contributed by atoms with van der Waals surface area (Å²) >= 11 is 0. The smallest absolute Gasteiger partial charge is 0.243 e. The maximum atomic E-state index is 12.1. The normalized spacial score (nSPS) is 20.7. The Balaban J connectivity index is 1.55. The minimum absolute atomic E-state index is 0.00213. The molecule has 120 valence electrons. The van der Waals surface area contributed by atoms with Crippen LogP contribution in [0.3, 0.4) is 0 Å². The molecule has 2 atom stereocenters. The lowest BCUT2D eigenvalue weighted by atomic mass is 9.86. The number of rotatable bonds is 4. The largest absolute Gasteiger partial charge is 0.360 e. The van der Waals surface area contributed by atoms with Gasteiger partial charge < -0.3 is 4.98 Å². The van der Waals surface area contributed by atoms with Crippen LogP contribution in [0.1, 0.15) is 49.9 Å². The van der Waals surface area contributed by atoms with Crippen LogP contribution in [0.4, 0.5) is 0 Å². The quantitative estimate of drug-likeness (QED) is 0.658. The van der Waals surface area contributed by atoms with Gasteiger partial charge in [-0.2, -0.15) is 5.10 Å². The zero-order valence-electron chi connectivity index (χ0n) is 13.8. The molecule has 2 N–H and O–H groups in total. The van der Waals surface area contributed by atoms with E-state index in [1.807, 2.05) is 18.3 Å². The summed E-state index contributed by atoms with van der Waals surface area (Å²) in [6.45, 7) is 6.62. The number of benzene rings is 1. The van der Waals surface area contributed by atoms with Gasteiger partial charge in [-0.3, -0.25) is 4.79 Å². The van der Waals surface area contributed by atoms with E-state index in [1.54, 1.807) is 6.21 Å². The van der Waals surface area contributed by atoms with Gasteiger partial charge in [0, 0.05) is 12.1 Å². The Hall–Kier alpha value is -2.36. The zero-order valence-corrected chi connectivity index (χ0v) is 13.8. The summed E-state index contributed by atoms with van der Waals surface area (Å²) in [5, 5.41) is 3.99. The van der Waals surface area contributed by atoms with Gasteiger partial charge in [0.05, 0.1) is 11.9 Å². The molecule has 1 aliphatic carbocycles. The van der Waals surface area contributed by atoms with Crippen LogP contribution in [0, 0.1) is 5.92 Å². The Kier molecular flexibility index (Phi) is 4.07. The number of amides is 1. The first kappa shape index (κ1) is 15.5. The standard InChI is InChI=1S/C19H23N3O/c1-19(2,3)14-8-6-13(7-9-14)16-11-17(16)18(23)22-21-12-15-5-4-10-20-15/h4-10,12,16-17,20H,11H2,1-3H3,(H,22,23)/b21-12+. The third kappa shape index (κ3) is 3.70. The SMILES string of the molecule is CC(C)(C)c1ccc(C2CC2C(=O)N/N=C/c2ccc[nH]2)cc1. The fraction of sp³-hybridized carbons (Fsp3) is 0.368. The minimum atomic E-state index is -0.00213. The van der Waals surface area contributed by atoms with E-state index >= 15 is 0 Å². The molecule has 1 fully saturated rings. The van der Waals surface area contributed by atoms with Crippen molar-refractivity contribution >= 4 is 12.1 Å². The maximum Gasteiger partial charge on any atom is 0.243 e. The zero-order chi connectivity index (χ0) is 16.4. The Morgan fingerprint density at radius 1 is 1.26 bits per heavy atom. The van der Waals surface area contributed by atoms with Crippen LogP contribution in [0.15, 0.2) is 47.7 Å². The summed E-state index contributed by atoms with van der Waals surface area (Å²) in [6.07, 6.45) is 4.34. The molecule has 23 heavy (non-hydrogen) atoms. The van der Waals surface area contributed by atoms with Gasteiger partial charge in [0.2, 0.25) is 5.91 Å². The Bertz CT molecular complexity index is 693. The summed E-state index contributed by atoms with van der Waals surface area (Å²) in [6, 6.07) is 12.4. The van der Waals surface area contributed by atoms with E-state index in [4.69, 9.17) is 0 Å². The molecule has 0 aliphatic heterocycles. The number of H-pyrrole nitrogens is 1. The predicted octanol–water partition coefficient (Wildman–Crippen LogP) is 3.57. The molecule has 0 radical (unpaired) electrons. The highest BCUT2D eigenvalue weighted by Crippen LogP contribution is 2.47. The van der Waals surface area contributed by atoms with Crippen molar-refractivity contribution in [3.8, 4) is 0 Å². The highest BCUT2D eigenvalue weighted by atomic mass is 16.2. The number of aromatic nitrogens is 1. The molecule has 1 aromatic carbocycles. The molecule has 0 bridgehead atoms. The monoisotopic (exact) mass is 309 g/mol. The highest BCUT2D eigenvalue weighted by molar-refractivity contribution is 5.84. The number of hydrogen-bond acceptors (Lipinski definition) is 2. The fourth-order valence-corrected chi connectivity index (χ4v) is 2.76. The molecule has 1 amide bonds. The van der Waals surface area contributed by atoms with Gasteiger partial charge in [-0.1, -0.05) is 45.0 Å². The number of carbonyl (C=O) groups is 1. The number of nitrogens with one attached hydrogen (secondary N) is 2. The van der Waals surface area contributed by atoms with Gasteiger partial charge in [-0.15, -0.1) is 0 Å². The predicted molar refractivity (Wildman–Crippen MR) is 92.5 cm³/mol. The topological polar surface area (TPSA) is 57.2 Å². The van der Waals surface area contributed by atoms with Gasteiger partial charge >= 0.3 is 0 Å². The van der Waals surface area contributed by atoms with Crippen LogP contribution in [-0.4, -0.2) is 17.1 Å². The molecule has 2 unspecified atom stereocenters.